The molecule has 0 spiro atoms. The van der Waals surface area contributed by atoms with E-state index in [1.165, 1.54) is 0 Å². The number of benzene rings is 2. The Morgan fingerprint density at radius 3 is 2.73 bits per heavy atom. The Morgan fingerprint density at radius 1 is 1.18 bits per heavy atom. The molecule has 0 aliphatic heterocycles. The summed E-state index contributed by atoms with van der Waals surface area (Å²) in [6.45, 7) is 0. The Balaban J connectivity index is 1.70. The number of methoxy groups -OCH3 is 1. The second-order valence-electron chi connectivity index (χ2n) is 4.72. The molecule has 0 bridgehead atoms. The summed E-state index contributed by atoms with van der Waals surface area (Å²) in [6, 6.07) is 15.0. The minimum absolute atomic E-state index is 0.248. The third-order valence-electron chi connectivity index (χ3n) is 3.33. The van der Waals surface area contributed by atoms with Gasteiger partial charge in [-0.1, -0.05) is 18.2 Å². The minimum Gasteiger partial charge on any atom is -0.497 e. The van der Waals surface area contributed by atoms with Gasteiger partial charge in [0.15, 0.2) is 0 Å². The first-order valence-electron chi connectivity index (χ1n) is 6.81. The lowest BCUT2D eigenvalue weighted by atomic mass is 10.2. The zero-order valence-corrected chi connectivity index (χ0v) is 12.0. The van der Waals surface area contributed by atoms with Crippen molar-refractivity contribution in [1.29, 1.82) is 0 Å². The maximum atomic E-state index is 12.1. The molecule has 0 fully saturated rings. The van der Waals surface area contributed by atoms with Crippen LogP contribution in [-0.2, 0) is 0 Å². The molecule has 2 aromatic carbocycles. The molecular formula is C17H15N3O2. The molecule has 0 unspecified atom stereocenters. The van der Waals surface area contributed by atoms with Gasteiger partial charge in [-0.3, -0.25) is 4.79 Å². The van der Waals surface area contributed by atoms with Gasteiger partial charge in [-0.2, -0.15) is 5.10 Å². The molecule has 0 saturated carbocycles. The average molecular weight is 293 g/mol. The van der Waals surface area contributed by atoms with E-state index in [0.29, 0.717) is 5.56 Å². The molecule has 0 radical (unpaired) electrons. The Bertz CT molecular complexity index is 819. The predicted octanol–water partition coefficient (Wildman–Crippen LogP) is 2.94. The van der Waals surface area contributed by atoms with Crippen LogP contribution in [0.3, 0.4) is 0 Å². The fraction of sp³-hybridized carbons (Fsp3) is 0.0588. The number of carbonyl (C=O) groups excluding carboxylic acids is 1. The van der Waals surface area contributed by atoms with Crippen molar-refractivity contribution in [1.82, 2.24) is 10.4 Å². The number of rotatable bonds is 4. The zero-order valence-electron chi connectivity index (χ0n) is 12.0. The first-order valence-corrected chi connectivity index (χ1v) is 6.81. The van der Waals surface area contributed by atoms with Gasteiger partial charge in [0, 0.05) is 17.1 Å². The Morgan fingerprint density at radius 2 is 1.95 bits per heavy atom. The number of aromatic amines is 1. The van der Waals surface area contributed by atoms with E-state index in [-0.39, 0.29) is 5.91 Å². The number of para-hydroxylation sites is 1. The summed E-state index contributed by atoms with van der Waals surface area (Å²) in [5.41, 5.74) is 4.90. The first-order chi connectivity index (χ1) is 10.8. The number of amides is 1. The van der Waals surface area contributed by atoms with Gasteiger partial charge in [0.1, 0.15) is 5.75 Å². The summed E-state index contributed by atoms with van der Waals surface area (Å²) < 4.78 is 5.08. The third-order valence-corrected chi connectivity index (χ3v) is 3.33. The van der Waals surface area contributed by atoms with Crippen molar-refractivity contribution >= 4 is 23.0 Å². The lowest BCUT2D eigenvalue weighted by Gasteiger charge is -2.00. The van der Waals surface area contributed by atoms with Crippen LogP contribution in [0.2, 0.25) is 0 Å². The Labute approximate surface area is 127 Å². The lowest BCUT2D eigenvalue weighted by molar-refractivity contribution is 0.0957. The van der Waals surface area contributed by atoms with Gasteiger partial charge in [0.25, 0.3) is 5.91 Å². The lowest BCUT2D eigenvalue weighted by Crippen LogP contribution is -2.17. The Hall–Kier alpha value is -3.08. The second kappa shape index (κ2) is 6.13. The number of H-pyrrole nitrogens is 1. The number of hydrazone groups is 1. The molecule has 110 valence electrons. The monoisotopic (exact) mass is 293 g/mol. The number of aromatic nitrogens is 1. The molecule has 3 rings (SSSR count). The number of carbonyl (C=O) groups is 1. The standard InChI is InChI=1S/C17H15N3O2/c1-22-13-8-6-12(7-9-13)10-19-20-17(21)15-11-18-16-5-3-2-4-14(15)16/h2-11,18H,1H3,(H,20,21). The van der Waals surface area contributed by atoms with Gasteiger partial charge in [0.2, 0.25) is 0 Å². The summed E-state index contributed by atoms with van der Waals surface area (Å²) in [7, 11) is 1.62. The van der Waals surface area contributed by atoms with Gasteiger partial charge in [-0.15, -0.1) is 0 Å². The van der Waals surface area contributed by atoms with E-state index in [4.69, 9.17) is 4.74 Å². The number of fused-ring (bicyclic) bond motifs is 1. The molecule has 1 amide bonds. The summed E-state index contributed by atoms with van der Waals surface area (Å²) in [6.07, 6.45) is 3.27. The van der Waals surface area contributed by atoms with Crippen molar-refractivity contribution in [3.8, 4) is 5.75 Å². The average Bonchev–Trinajstić information content (AvgIpc) is 2.99. The summed E-state index contributed by atoms with van der Waals surface area (Å²) >= 11 is 0. The first kappa shape index (κ1) is 13.9. The van der Waals surface area contributed by atoms with Crippen LogP contribution in [0.25, 0.3) is 10.9 Å². The van der Waals surface area contributed by atoms with Crippen molar-refractivity contribution in [3.63, 3.8) is 0 Å². The topological polar surface area (TPSA) is 66.5 Å². The van der Waals surface area contributed by atoms with Gasteiger partial charge in [-0.05, 0) is 35.9 Å². The normalized spacial score (nSPS) is 11.0. The highest BCUT2D eigenvalue weighted by Gasteiger charge is 2.10. The molecule has 1 aromatic heterocycles. The van der Waals surface area contributed by atoms with E-state index >= 15 is 0 Å². The SMILES string of the molecule is COc1ccc(C=NNC(=O)c2c[nH]c3ccccc23)cc1. The van der Waals surface area contributed by atoms with E-state index < -0.39 is 0 Å². The molecule has 0 saturated heterocycles. The van der Waals surface area contributed by atoms with E-state index in [0.717, 1.165) is 22.2 Å². The van der Waals surface area contributed by atoms with Crippen LogP contribution >= 0.6 is 0 Å². The number of hydrogen-bond donors (Lipinski definition) is 2. The van der Waals surface area contributed by atoms with Crippen LogP contribution in [0.4, 0.5) is 0 Å². The quantitative estimate of drug-likeness (QED) is 0.573. The van der Waals surface area contributed by atoms with Gasteiger partial charge in [0.05, 0.1) is 18.9 Å². The highest BCUT2D eigenvalue weighted by Crippen LogP contribution is 2.17. The van der Waals surface area contributed by atoms with Crippen LogP contribution in [0.1, 0.15) is 15.9 Å². The molecule has 0 aliphatic carbocycles. The Kier molecular flexibility index (Phi) is 3.87. The van der Waals surface area contributed by atoms with Crippen LogP contribution < -0.4 is 10.2 Å². The number of ether oxygens (including phenoxy) is 1. The molecule has 2 N–H and O–H groups in total. The van der Waals surface area contributed by atoms with Crippen molar-refractivity contribution < 1.29 is 9.53 Å². The molecule has 1 heterocycles. The maximum Gasteiger partial charge on any atom is 0.273 e. The van der Waals surface area contributed by atoms with Gasteiger partial charge < -0.3 is 9.72 Å². The van der Waals surface area contributed by atoms with Crippen molar-refractivity contribution in [3.05, 3.63) is 65.9 Å². The molecule has 0 aliphatic rings. The summed E-state index contributed by atoms with van der Waals surface area (Å²) in [4.78, 5) is 15.2. The number of nitrogens with zero attached hydrogens (tertiary/aromatic N) is 1. The third kappa shape index (κ3) is 2.83. The largest absolute Gasteiger partial charge is 0.497 e. The second-order valence-corrected chi connectivity index (χ2v) is 4.72. The van der Waals surface area contributed by atoms with Crippen LogP contribution in [0.5, 0.6) is 5.75 Å². The molecule has 0 atom stereocenters. The maximum absolute atomic E-state index is 12.1. The zero-order chi connectivity index (χ0) is 15.4. The van der Waals surface area contributed by atoms with E-state index in [2.05, 4.69) is 15.5 Å². The van der Waals surface area contributed by atoms with Crippen LogP contribution in [0, 0.1) is 0 Å². The number of hydrogen-bond acceptors (Lipinski definition) is 3. The van der Waals surface area contributed by atoms with Gasteiger partial charge in [-0.25, -0.2) is 5.43 Å². The van der Waals surface area contributed by atoms with Crippen LogP contribution in [0.15, 0.2) is 59.8 Å². The highest BCUT2D eigenvalue weighted by molar-refractivity contribution is 6.06. The van der Waals surface area contributed by atoms with Gasteiger partial charge >= 0.3 is 0 Å². The molecule has 5 heteroatoms. The molecule has 5 nitrogen and oxygen atoms in total. The van der Waals surface area contributed by atoms with E-state index in [9.17, 15) is 4.79 Å². The van der Waals surface area contributed by atoms with Crippen molar-refractivity contribution in [2.45, 2.75) is 0 Å². The van der Waals surface area contributed by atoms with Crippen molar-refractivity contribution in [2.24, 2.45) is 5.10 Å². The fourth-order valence-corrected chi connectivity index (χ4v) is 2.18. The molecule has 3 aromatic rings. The minimum atomic E-state index is -0.248. The smallest absolute Gasteiger partial charge is 0.273 e. The summed E-state index contributed by atoms with van der Waals surface area (Å²) in [5.74, 6) is 0.530. The molecular weight excluding hydrogens is 278 g/mol. The highest BCUT2D eigenvalue weighted by atomic mass is 16.5. The number of nitrogens with one attached hydrogen (secondary N) is 2. The summed E-state index contributed by atoms with van der Waals surface area (Å²) in [5, 5.41) is 4.86. The van der Waals surface area contributed by atoms with E-state index in [1.807, 2.05) is 48.5 Å². The van der Waals surface area contributed by atoms with Crippen molar-refractivity contribution in [2.75, 3.05) is 7.11 Å². The fourth-order valence-electron chi connectivity index (χ4n) is 2.18. The predicted molar refractivity (Wildman–Crippen MR) is 86.4 cm³/mol. The van der Waals surface area contributed by atoms with Crippen LogP contribution in [-0.4, -0.2) is 24.2 Å². The molecule has 22 heavy (non-hydrogen) atoms. The van der Waals surface area contributed by atoms with E-state index in [1.54, 1.807) is 19.5 Å².